The summed E-state index contributed by atoms with van der Waals surface area (Å²) in [7, 11) is 3.99. The highest BCUT2D eigenvalue weighted by molar-refractivity contribution is 5.68. The average Bonchev–Trinajstić information content (AvgIpc) is 2.39. The van der Waals surface area contributed by atoms with Gasteiger partial charge in [0.15, 0.2) is 5.69 Å². The number of nitrogens with zero attached hydrogens (tertiary/aromatic N) is 3. The molecule has 0 unspecified atom stereocenters. The fourth-order valence-electron chi connectivity index (χ4n) is 1.59. The maximum Gasteiger partial charge on any atom is 0.187 e. The number of benzene rings is 1. The summed E-state index contributed by atoms with van der Waals surface area (Å²) in [4.78, 5) is 9.80. The van der Waals surface area contributed by atoms with E-state index in [4.69, 9.17) is 6.57 Å². The van der Waals surface area contributed by atoms with Gasteiger partial charge in [-0.05, 0) is 23.8 Å². The van der Waals surface area contributed by atoms with E-state index in [1.165, 1.54) is 0 Å². The van der Waals surface area contributed by atoms with E-state index in [0.29, 0.717) is 5.69 Å². The van der Waals surface area contributed by atoms with E-state index < -0.39 is 0 Å². The van der Waals surface area contributed by atoms with E-state index in [-0.39, 0.29) is 0 Å². The Morgan fingerprint density at radius 2 is 2.00 bits per heavy atom. The van der Waals surface area contributed by atoms with Crippen molar-refractivity contribution in [2.24, 2.45) is 0 Å². The van der Waals surface area contributed by atoms with Crippen LogP contribution in [-0.4, -0.2) is 19.1 Å². The molecule has 3 heteroatoms. The van der Waals surface area contributed by atoms with Gasteiger partial charge in [0.05, 0.1) is 12.3 Å². The van der Waals surface area contributed by atoms with Crippen molar-refractivity contribution in [3.8, 4) is 11.3 Å². The van der Waals surface area contributed by atoms with Gasteiger partial charge in [-0.1, -0.05) is 18.2 Å². The molecule has 0 radical (unpaired) electrons. The van der Waals surface area contributed by atoms with Crippen LogP contribution in [0, 0.1) is 6.57 Å². The predicted octanol–water partition coefficient (Wildman–Crippen LogP) is 3.37. The molecular weight excluding hydrogens is 210 g/mol. The second-order valence-corrected chi connectivity index (χ2v) is 3.96. The van der Waals surface area contributed by atoms with Crippen LogP contribution in [0.4, 0.5) is 11.4 Å². The molecule has 0 saturated heterocycles. The molecule has 84 valence electrons. The van der Waals surface area contributed by atoms with Crippen molar-refractivity contribution in [2.45, 2.75) is 0 Å². The predicted molar refractivity (Wildman–Crippen MR) is 70.3 cm³/mol. The van der Waals surface area contributed by atoms with Crippen molar-refractivity contribution in [1.29, 1.82) is 0 Å². The van der Waals surface area contributed by atoms with Crippen molar-refractivity contribution in [3.05, 3.63) is 54.0 Å². The van der Waals surface area contributed by atoms with Gasteiger partial charge in [-0.3, -0.25) is 4.98 Å². The quantitative estimate of drug-likeness (QED) is 0.728. The smallest absolute Gasteiger partial charge is 0.187 e. The third-order valence-corrected chi connectivity index (χ3v) is 2.53. The van der Waals surface area contributed by atoms with Gasteiger partial charge in [-0.2, -0.15) is 0 Å². The van der Waals surface area contributed by atoms with E-state index in [0.717, 1.165) is 16.9 Å². The van der Waals surface area contributed by atoms with Crippen LogP contribution in [0.3, 0.4) is 0 Å². The van der Waals surface area contributed by atoms with Crippen LogP contribution in [0.5, 0.6) is 0 Å². The summed E-state index contributed by atoms with van der Waals surface area (Å²) in [5, 5.41) is 0. The zero-order valence-corrected chi connectivity index (χ0v) is 9.88. The van der Waals surface area contributed by atoms with Crippen LogP contribution in [0.15, 0.2) is 42.6 Å². The lowest BCUT2D eigenvalue weighted by molar-refractivity contribution is 1.12. The molecule has 0 bridgehead atoms. The first-order valence-corrected chi connectivity index (χ1v) is 5.32. The summed E-state index contributed by atoms with van der Waals surface area (Å²) in [5.41, 5.74) is 3.60. The second kappa shape index (κ2) is 4.67. The molecule has 17 heavy (non-hydrogen) atoms. The lowest BCUT2D eigenvalue weighted by Crippen LogP contribution is -2.08. The molecule has 0 aliphatic rings. The maximum absolute atomic E-state index is 7.01. The molecule has 0 atom stereocenters. The van der Waals surface area contributed by atoms with Crippen molar-refractivity contribution in [3.63, 3.8) is 0 Å². The molecule has 1 aromatic heterocycles. The zero-order valence-electron chi connectivity index (χ0n) is 9.88. The van der Waals surface area contributed by atoms with Gasteiger partial charge in [0.25, 0.3) is 0 Å². The van der Waals surface area contributed by atoms with E-state index in [2.05, 4.69) is 9.83 Å². The minimum absolute atomic E-state index is 0.638. The Morgan fingerprint density at radius 1 is 1.18 bits per heavy atom. The first kappa shape index (κ1) is 11.2. The SMILES string of the molecule is [C-]#[N+]c1cccc(-c2cc(N(C)C)ccn2)c1. The fraction of sp³-hybridized carbons (Fsp3) is 0.143. The Kier molecular flexibility index (Phi) is 3.06. The summed E-state index contributed by atoms with van der Waals surface area (Å²) < 4.78 is 0. The van der Waals surface area contributed by atoms with Crippen molar-refractivity contribution >= 4 is 11.4 Å². The highest BCUT2D eigenvalue weighted by Crippen LogP contribution is 2.24. The Balaban J connectivity index is 2.46. The minimum atomic E-state index is 0.638. The summed E-state index contributed by atoms with van der Waals surface area (Å²) in [6.45, 7) is 7.01. The Labute approximate surface area is 101 Å². The first-order valence-electron chi connectivity index (χ1n) is 5.32. The van der Waals surface area contributed by atoms with Crippen LogP contribution in [0.1, 0.15) is 0 Å². The van der Waals surface area contributed by atoms with Crippen LogP contribution < -0.4 is 4.90 Å². The van der Waals surface area contributed by atoms with E-state index in [9.17, 15) is 0 Å². The van der Waals surface area contributed by atoms with Crippen molar-refractivity contribution in [2.75, 3.05) is 19.0 Å². The van der Waals surface area contributed by atoms with Crippen LogP contribution in [-0.2, 0) is 0 Å². The lowest BCUT2D eigenvalue weighted by atomic mass is 10.1. The highest BCUT2D eigenvalue weighted by atomic mass is 15.1. The summed E-state index contributed by atoms with van der Waals surface area (Å²) >= 11 is 0. The molecule has 2 aromatic rings. The summed E-state index contributed by atoms with van der Waals surface area (Å²) in [6.07, 6.45) is 1.79. The Hall–Kier alpha value is -2.34. The third kappa shape index (κ3) is 2.43. The molecular formula is C14H13N3. The summed E-state index contributed by atoms with van der Waals surface area (Å²) in [6, 6.07) is 11.5. The van der Waals surface area contributed by atoms with Gasteiger partial charge in [0, 0.05) is 26.0 Å². The van der Waals surface area contributed by atoms with Gasteiger partial charge in [-0.15, -0.1) is 0 Å². The molecule has 0 spiro atoms. The zero-order chi connectivity index (χ0) is 12.3. The average molecular weight is 223 g/mol. The molecule has 3 nitrogen and oxygen atoms in total. The monoisotopic (exact) mass is 223 g/mol. The van der Waals surface area contributed by atoms with E-state index in [1.54, 1.807) is 12.3 Å². The molecule has 0 fully saturated rings. The fourth-order valence-corrected chi connectivity index (χ4v) is 1.59. The molecule has 2 rings (SSSR count). The number of pyridine rings is 1. The lowest BCUT2D eigenvalue weighted by Gasteiger charge is -2.13. The number of rotatable bonds is 2. The Bertz CT molecular complexity index is 568. The van der Waals surface area contributed by atoms with Crippen LogP contribution >= 0.6 is 0 Å². The van der Waals surface area contributed by atoms with Crippen molar-refractivity contribution < 1.29 is 0 Å². The van der Waals surface area contributed by atoms with Gasteiger partial charge in [-0.25, -0.2) is 4.85 Å². The standard InChI is InChI=1S/C14H13N3/c1-15-12-6-4-5-11(9-12)14-10-13(17(2)3)7-8-16-14/h4-10H,2-3H3. The highest BCUT2D eigenvalue weighted by Gasteiger charge is 2.02. The third-order valence-electron chi connectivity index (χ3n) is 2.53. The number of aromatic nitrogens is 1. The van der Waals surface area contributed by atoms with Gasteiger partial charge in [0.1, 0.15) is 0 Å². The topological polar surface area (TPSA) is 20.5 Å². The van der Waals surface area contributed by atoms with Gasteiger partial charge >= 0.3 is 0 Å². The molecule has 1 aromatic carbocycles. The van der Waals surface area contributed by atoms with E-state index in [1.807, 2.05) is 49.3 Å². The molecule has 0 saturated carbocycles. The Morgan fingerprint density at radius 3 is 2.71 bits per heavy atom. The van der Waals surface area contributed by atoms with Crippen molar-refractivity contribution in [1.82, 2.24) is 4.98 Å². The van der Waals surface area contributed by atoms with Crippen LogP contribution in [0.2, 0.25) is 0 Å². The largest absolute Gasteiger partial charge is 0.378 e. The number of anilines is 1. The van der Waals surface area contributed by atoms with E-state index >= 15 is 0 Å². The molecule has 0 N–H and O–H groups in total. The summed E-state index contributed by atoms with van der Waals surface area (Å²) in [5.74, 6) is 0. The molecule has 1 heterocycles. The molecule has 0 amide bonds. The second-order valence-electron chi connectivity index (χ2n) is 3.96. The van der Waals surface area contributed by atoms with Crippen LogP contribution in [0.25, 0.3) is 16.1 Å². The maximum atomic E-state index is 7.01. The first-order chi connectivity index (χ1) is 8.20. The number of hydrogen-bond acceptors (Lipinski definition) is 2. The molecule has 0 aliphatic heterocycles. The number of hydrogen-bond donors (Lipinski definition) is 0. The van der Waals surface area contributed by atoms with Gasteiger partial charge in [0.2, 0.25) is 0 Å². The van der Waals surface area contributed by atoms with Gasteiger partial charge < -0.3 is 4.90 Å². The minimum Gasteiger partial charge on any atom is -0.378 e. The normalized spacial score (nSPS) is 9.71. The molecule has 0 aliphatic carbocycles.